The monoisotopic (exact) mass is 534 g/mol. The first-order valence-electron chi connectivity index (χ1n) is 12.9. The van der Waals surface area contributed by atoms with E-state index in [-0.39, 0.29) is 17.6 Å². The molecule has 0 bridgehead atoms. The predicted molar refractivity (Wildman–Crippen MR) is 157 cm³/mol. The number of aromatic hydroxyl groups is 1. The first-order valence-corrected chi connectivity index (χ1v) is 12.9. The van der Waals surface area contributed by atoms with Gasteiger partial charge in [0.1, 0.15) is 11.9 Å². The molecule has 2 amide bonds. The van der Waals surface area contributed by atoms with Crippen LogP contribution in [0.15, 0.2) is 97.1 Å². The van der Waals surface area contributed by atoms with Crippen LogP contribution in [-0.4, -0.2) is 17.1 Å². The third kappa shape index (κ3) is 6.97. The van der Waals surface area contributed by atoms with Gasteiger partial charge in [0.2, 0.25) is 5.91 Å². The zero-order chi connectivity index (χ0) is 28.5. The van der Waals surface area contributed by atoms with Crippen LogP contribution in [0, 0.1) is 17.2 Å². The number of rotatable bonds is 9. The van der Waals surface area contributed by atoms with Crippen LogP contribution in [0.5, 0.6) is 5.75 Å². The maximum absolute atomic E-state index is 13.0. The fourth-order valence-corrected chi connectivity index (χ4v) is 4.42. The van der Waals surface area contributed by atoms with Crippen LogP contribution in [0.2, 0.25) is 0 Å². The first-order chi connectivity index (χ1) is 19.4. The van der Waals surface area contributed by atoms with E-state index in [2.05, 4.69) is 10.6 Å². The van der Waals surface area contributed by atoms with Gasteiger partial charge in [-0.2, -0.15) is 5.26 Å². The fourth-order valence-electron chi connectivity index (χ4n) is 4.42. The van der Waals surface area contributed by atoms with E-state index in [1.165, 1.54) is 6.08 Å². The Balaban J connectivity index is 1.49. The molecule has 0 radical (unpaired) electrons. The van der Waals surface area contributed by atoms with Crippen LogP contribution in [0.25, 0.3) is 10.8 Å². The highest BCUT2D eigenvalue weighted by atomic mass is 16.6. The van der Waals surface area contributed by atoms with Crippen LogP contribution < -0.4 is 16.4 Å². The van der Waals surface area contributed by atoms with Crippen LogP contribution in [-0.2, 0) is 9.53 Å². The molecule has 2 atom stereocenters. The summed E-state index contributed by atoms with van der Waals surface area (Å²) in [5, 5.41) is 26.3. The Morgan fingerprint density at radius 3 is 2.40 bits per heavy atom. The number of phenolic OH excluding ortho intramolecular Hbond substituents is 1. The van der Waals surface area contributed by atoms with Gasteiger partial charge in [-0.15, -0.1) is 0 Å². The minimum absolute atomic E-state index is 0.140. The number of para-hydroxylation sites is 2. The van der Waals surface area contributed by atoms with Crippen molar-refractivity contribution in [3.05, 3.63) is 108 Å². The molecule has 4 aromatic carbocycles. The van der Waals surface area contributed by atoms with Gasteiger partial charge in [-0.05, 0) is 72.7 Å². The number of nitrogens with two attached hydrogens (primary N) is 1. The van der Waals surface area contributed by atoms with Crippen molar-refractivity contribution in [2.24, 2.45) is 5.92 Å². The van der Waals surface area contributed by atoms with Crippen LogP contribution >= 0.6 is 0 Å². The predicted octanol–water partition coefficient (Wildman–Crippen LogP) is 6.90. The lowest BCUT2D eigenvalue weighted by Gasteiger charge is -2.26. The quantitative estimate of drug-likeness (QED) is 0.136. The molecule has 0 aliphatic rings. The maximum atomic E-state index is 13.0. The number of carbonyl (C=O) groups excluding carboxylic acids is 2. The van der Waals surface area contributed by atoms with Crippen molar-refractivity contribution < 1.29 is 19.4 Å². The number of nitrogens with one attached hydrogen (secondary N) is 2. The molecule has 0 aromatic heterocycles. The number of hydrogen-bond donors (Lipinski definition) is 4. The molecular weight excluding hydrogens is 504 g/mol. The second-order valence-electron chi connectivity index (χ2n) is 9.39. The van der Waals surface area contributed by atoms with E-state index in [1.54, 1.807) is 66.7 Å². The molecule has 0 fully saturated rings. The summed E-state index contributed by atoms with van der Waals surface area (Å²) in [7, 11) is 0. The summed E-state index contributed by atoms with van der Waals surface area (Å²) in [6.45, 7) is 1.97. The summed E-state index contributed by atoms with van der Waals surface area (Å²) in [6.07, 6.45) is 3.12. The van der Waals surface area contributed by atoms with Crippen molar-refractivity contribution in [1.82, 2.24) is 0 Å². The Labute approximate surface area is 232 Å². The van der Waals surface area contributed by atoms with E-state index in [0.29, 0.717) is 40.9 Å². The molecule has 8 nitrogen and oxygen atoms in total. The lowest BCUT2D eigenvalue weighted by molar-refractivity contribution is -0.111. The van der Waals surface area contributed by atoms with Gasteiger partial charge in [0.25, 0.3) is 0 Å². The molecule has 4 aromatic rings. The third-order valence-corrected chi connectivity index (χ3v) is 6.53. The van der Waals surface area contributed by atoms with Crippen LogP contribution in [0.3, 0.4) is 0 Å². The highest BCUT2D eigenvalue weighted by Crippen LogP contribution is 2.37. The highest BCUT2D eigenvalue weighted by Gasteiger charge is 2.26. The topological polar surface area (TPSA) is 137 Å². The summed E-state index contributed by atoms with van der Waals surface area (Å²) >= 11 is 0. The van der Waals surface area contributed by atoms with Crippen molar-refractivity contribution in [2.45, 2.75) is 25.9 Å². The molecule has 5 N–H and O–H groups in total. The van der Waals surface area contributed by atoms with Gasteiger partial charge in [0.05, 0.1) is 23.0 Å². The zero-order valence-corrected chi connectivity index (χ0v) is 22.0. The zero-order valence-electron chi connectivity index (χ0n) is 22.0. The lowest BCUT2D eigenvalue weighted by Crippen LogP contribution is -2.22. The van der Waals surface area contributed by atoms with Crippen LogP contribution in [0.4, 0.5) is 21.9 Å². The number of benzene rings is 4. The highest BCUT2D eigenvalue weighted by molar-refractivity contribution is 6.01. The summed E-state index contributed by atoms with van der Waals surface area (Å²) in [5.41, 5.74) is 8.66. The maximum Gasteiger partial charge on any atom is 0.412 e. The average Bonchev–Trinajstić information content (AvgIpc) is 2.96. The molecule has 40 heavy (non-hydrogen) atoms. The van der Waals surface area contributed by atoms with E-state index in [1.807, 2.05) is 37.3 Å². The summed E-state index contributed by atoms with van der Waals surface area (Å²) in [5.74, 6) is -0.289. The molecule has 0 spiro atoms. The Morgan fingerprint density at radius 2 is 1.68 bits per heavy atom. The van der Waals surface area contributed by atoms with E-state index in [9.17, 15) is 14.7 Å². The minimum atomic E-state index is -0.644. The number of phenols is 1. The molecule has 202 valence electrons. The van der Waals surface area contributed by atoms with Gasteiger partial charge >= 0.3 is 6.09 Å². The number of fused-ring (bicyclic) bond motifs is 1. The summed E-state index contributed by atoms with van der Waals surface area (Å²) < 4.78 is 5.96. The number of nitrogen functional groups attached to an aromatic ring is 1. The normalized spacial score (nSPS) is 12.4. The number of carbonyl (C=O) groups is 2. The Bertz CT molecular complexity index is 1570. The second-order valence-corrected chi connectivity index (χ2v) is 9.39. The average molecular weight is 535 g/mol. The molecule has 0 saturated carbocycles. The molecule has 0 aliphatic carbocycles. The van der Waals surface area contributed by atoms with E-state index in [4.69, 9.17) is 15.7 Å². The van der Waals surface area contributed by atoms with Crippen molar-refractivity contribution in [3.63, 3.8) is 0 Å². The summed E-state index contributed by atoms with van der Waals surface area (Å²) in [4.78, 5) is 25.3. The Morgan fingerprint density at radius 1 is 0.975 bits per heavy atom. The molecule has 4 rings (SSSR count). The number of ether oxygens (including phenoxy) is 1. The van der Waals surface area contributed by atoms with Gasteiger partial charge < -0.3 is 20.9 Å². The standard InChI is InChI=1S/C32H30N4O4/c1-21(8-2-7-13-30(38)36-28-12-6-5-11-27(28)34)31(26-18-19-29(37)25-10-4-3-9-24(25)26)40-32(39)35-23-16-14-22(20-33)15-17-23/h3-7,9-19,21,31,37H,2,8,34H2,1H3,(H,35,39)(H,36,38)/b13-7+/t21-,31+/m0/s1. The first kappa shape index (κ1) is 27.7. The van der Waals surface area contributed by atoms with Gasteiger partial charge in [0, 0.05) is 16.6 Å². The molecular formula is C32H30N4O4. The SMILES string of the molecule is C[C@@H](CC/C=C/C(=O)Nc1ccccc1N)[C@@H](OC(=O)Nc1ccc(C#N)cc1)c1ccc(O)c2ccccc12. The van der Waals surface area contributed by atoms with E-state index >= 15 is 0 Å². The van der Waals surface area contributed by atoms with Crippen molar-refractivity contribution in [1.29, 1.82) is 5.26 Å². The second kappa shape index (κ2) is 13.0. The fraction of sp³-hybridized carbons (Fsp3) is 0.156. The molecule has 0 saturated heterocycles. The molecule has 0 heterocycles. The smallest absolute Gasteiger partial charge is 0.412 e. The van der Waals surface area contributed by atoms with Gasteiger partial charge in [-0.25, -0.2) is 4.79 Å². The molecule has 0 unspecified atom stereocenters. The largest absolute Gasteiger partial charge is 0.507 e. The lowest BCUT2D eigenvalue weighted by atomic mass is 9.89. The van der Waals surface area contributed by atoms with Gasteiger partial charge in [0.15, 0.2) is 0 Å². The molecule has 8 heteroatoms. The summed E-state index contributed by atoms with van der Waals surface area (Å²) in [6, 6.07) is 26.3. The number of anilines is 3. The number of nitriles is 1. The van der Waals surface area contributed by atoms with Gasteiger partial charge in [-0.3, -0.25) is 10.1 Å². The number of amides is 2. The Kier molecular flexibility index (Phi) is 9.00. The number of allylic oxidation sites excluding steroid dienone is 1. The Hall–Kier alpha value is -5.29. The van der Waals surface area contributed by atoms with E-state index in [0.717, 1.165) is 10.9 Å². The number of hydrogen-bond acceptors (Lipinski definition) is 6. The van der Waals surface area contributed by atoms with E-state index < -0.39 is 12.2 Å². The van der Waals surface area contributed by atoms with Gasteiger partial charge in [-0.1, -0.05) is 55.5 Å². The van der Waals surface area contributed by atoms with Crippen molar-refractivity contribution >= 4 is 39.8 Å². The minimum Gasteiger partial charge on any atom is -0.507 e. The number of nitrogens with zero attached hydrogens (tertiary/aromatic N) is 1. The molecule has 0 aliphatic heterocycles. The van der Waals surface area contributed by atoms with Crippen molar-refractivity contribution in [3.8, 4) is 11.8 Å². The third-order valence-electron chi connectivity index (χ3n) is 6.53. The van der Waals surface area contributed by atoms with Crippen molar-refractivity contribution in [2.75, 3.05) is 16.4 Å². The van der Waals surface area contributed by atoms with Crippen LogP contribution in [0.1, 0.15) is 37.0 Å².